The van der Waals surface area contributed by atoms with Gasteiger partial charge in [-0.05, 0) is 84.0 Å². The van der Waals surface area contributed by atoms with Crippen molar-refractivity contribution in [3.05, 3.63) is 97.4 Å². The van der Waals surface area contributed by atoms with Gasteiger partial charge in [-0.15, -0.1) is 10.2 Å². The molecule has 250 valence electrons. The number of sulfone groups is 1. The van der Waals surface area contributed by atoms with Crippen molar-refractivity contribution in [1.29, 1.82) is 0 Å². The first kappa shape index (κ1) is 35.8. The van der Waals surface area contributed by atoms with Crippen LogP contribution in [-0.2, 0) is 28.6 Å². The van der Waals surface area contributed by atoms with Gasteiger partial charge in [0.05, 0.1) is 34.4 Å². The summed E-state index contributed by atoms with van der Waals surface area (Å²) in [5, 5.41) is 12.7. The molecule has 47 heavy (non-hydrogen) atoms. The van der Waals surface area contributed by atoms with Gasteiger partial charge in [0.25, 0.3) is 11.8 Å². The molecule has 1 unspecified atom stereocenters. The van der Waals surface area contributed by atoms with Crippen LogP contribution in [0.15, 0.2) is 59.0 Å². The van der Waals surface area contributed by atoms with E-state index in [9.17, 15) is 44.3 Å². The highest BCUT2D eigenvalue weighted by atomic mass is 127. The van der Waals surface area contributed by atoms with E-state index in [0.29, 0.717) is 32.5 Å². The maximum absolute atomic E-state index is 13.3. The van der Waals surface area contributed by atoms with E-state index in [1.807, 2.05) is 22.6 Å². The van der Waals surface area contributed by atoms with Gasteiger partial charge in [-0.3, -0.25) is 9.59 Å². The standard InChI is InChI=1S/C30H25F6IN4O5S/c1-15-9-17(10-24-40-41-28(46-24)18-11-19(29(31,32)33)13-20(12-18)30(34,35)36)7-8-23(15)39-26(42)21-5-4-6-22(37)25(21)27(43)38-16(2)14-47(3,44)45/h4-9,11-13,16H,10,14H2,1-3H3,(H,38,43)(H,39,42). The monoisotopic (exact) mass is 794 g/mol. The van der Waals surface area contributed by atoms with Gasteiger partial charge in [-0.1, -0.05) is 18.2 Å². The second-order valence-electron chi connectivity index (χ2n) is 10.7. The number of nitrogens with one attached hydrogen (secondary N) is 2. The van der Waals surface area contributed by atoms with E-state index in [1.54, 1.807) is 37.3 Å². The number of aromatic nitrogens is 2. The molecule has 0 radical (unpaired) electrons. The average Bonchev–Trinajstić information content (AvgIpc) is 3.40. The molecular weight excluding hydrogens is 769 g/mol. The van der Waals surface area contributed by atoms with Crippen molar-refractivity contribution in [2.24, 2.45) is 0 Å². The minimum absolute atomic E-state index is 0.000604. The predicted octanol–water partition coefficient (Wildman–Crippen LogP) is 6.69. The Hall–Kier alpha value is -4.00. The lowest BCUT2D eigenvalue weighted by Gasteiger charge is -2.16. The Kier molecular flexibility index (Phi) is 10.4. The maximum atomic E-state index is 13.3. The molecule has 2 amide bonds. The minimum Gasteiger partial charge on any atom is -0.420 e. The highest BCUT2D eigenvalue weighted by Crippen LogP contribution is 2.38. The van der Waals surface area contributed by atoms with Crippen LogP contribution < -0.4 is 10.6 Å². The molecule has 0 bridgehead atoms. The molecule has 1 aromatic heterocycles. The second-order valence-corrected chi connectivity index (χ2v) is 14.1. The quantitative estimate of drug-likeness (QED) is 0.143. The largest absolute Gasteiger partial charge is 0.420 e. The number of amides is 2. The molecule has 17 heteroatoms. The molecular formula is C30H25F6IN4O5S. The van der Waals surface area contributed by atoms with Crippen molar-refractivity contribution in [2.45, 2.75) is 38.7 Å². The van der Waals surface area contributed by atoms with Gasteiger partial charge in [-0.2, -0.15) is 26.3 Å². The molecule has 0 aliphatic carbocycles. The van der Waals surface area contributed by atoms with Gasteiger partial charge < -0.3 is 15.1 Å². The zero-order valence-electron chi connectivity index (χ0n) is 24.7. The number of halogens is 7. The summed E-state index contributed by atoms with van der Waals surface area (Å²) in [6, 6.07) is 9.74. The molecule has 3 aromatic carbocycles. The van der Waals surface area contributed by atoms with Gasteiger partial charge in [0.1, 0.15) is 9.84 Å². The normalized spacial score (nSPS) is 12.9. The van der Waals surface area contributed by atoms with Crippen molar-refractivity contribution in [3.8, 4) is 11.5 Å². The van der Waals surface area contributed by atoms with Gasteiger partial charge in [0.15, 0.2) is 0 Å². The molecule has 1 heterocycles. The van der Waals surface area contributed by atoms with Crippen LogP contribution >= 0.6 is 22.6 Å². The van der Waals surface area contributed by atoms with E-state index in [2.05, 4.69) is 20.8 Å². The summed E-state index contributed by atoms with van der Waals surface area (Å²) in [7, 11) is -3.37. The highest BCUT2D eigenvalue weighted by molar-refractivity contribution is 14.1. The molecule has 4 rings (SSSR count). The lowest BCUT2D eigenvalue weighted by atomic mass is 10.0. The lowest BCUT2D eigenvalue weighted by Crippen LogP contribution is -2.38. The number of nitrogens with zero attached hydrogens (tertiary/aromatic N) is 2. The summed E-state index contributed by atoms with van der Waals surface area (Å²) in [6.07, 6.45) is -9.07. The first-order valence-electron chi connectivity index (χ1n) is 13.5. The second kappa shape index (κ2) is 13.6. The van der Waals surface area contributed by atoms with Crippen LogP contribution in [-0.4, -0.2) is 48.5 Å². The Bertz CT molecular complexity index is 1910. The molecule has 1 atom stereocenters. The van der Waals surface area contributed by atoms with Crippen LogP contribution in [0.25, 0.3) is 11.5 Å². The minimum atomic E-state index is -5.04. The zero-order valence-corrected chi connectivity index (χ0v) is 27.7. The van der Waals surface area contributed by atoms with Crippen molar-refractivity contribution in [1.82, 2.24) is 15.5 Å². The van der Waals surface area contributed by atoms with Crippen molar-refractivity contribution in [3.63, 3.8) is 0 Å². The van der Waals surface area contributed by atoms with Crippen LogP contribution in [0.2, 0.25) is 0 Å². The maximum Gasteiger partial charge on any atom is 0.416 e. The Labute approximate surface area is 278 Å². The number of anilines is 1. The Morgan fingerprint density at radius 1 is 0.936 bits per heavy atom. The van der Waals surface area contributed by atoms with E-state index < -0.39 is 62.6 Å². The van der Waals surface area contributed by atoms with Crippen molar-refractivity contribution < 1.29 is 48.8 Å². The number of rotatable bonds is 9. The van der Waals surface area contributed by atoms with Gasteiger partial charge in [0, 0.05) is 27.1 Å². The topological polar surface area (TPSA) is 131 Å². The number of hydrogen-bond donors (Lipinski definition) is 2. The zero-order chi connectivity index (χ0) is 34.9. The molecule has 0 spiro atoms. The summed E-state index contributed by atoms with van der Waals surface area (Å²) in [5.41, 5.74) is -1.95. The Balaban J connectivity index is 1.51. The SMILES string of the molecule is Cc1cc(Cc2nnc(-c3cc(C(F)(F)F)cc(C(F)(F)F)c3)o2)ccc1NC(=O)c1cccc(I)c1C(=O)NC(C)CS(C)(=O)=O. The van der Waals surface area contributed by atoms with Gasteiger partial charge in [0.2, 0.25) is 11.8 Å². The van der Waals surface area contributed by atoms with Crippen LogP contribution in [0.1, 0.15) is 55.8 Å². The van der Waals surface area contributed by atoms with E-state index in [4.69, 9.17) is 4.42 Å². The van der Waals surface area contributed by atoms with Crippen molar-refractivity contribution >= 4 is 49.9 Å². The summed E-state index contributed by atoms with van der Waals surface area (Å²) in [4.78, 5) is 26.3. The Morgan fingerprint density at radius 3 is 2.15 bits per heavy atom. The van der Waals surface area contributed by atoms with Gasteiger partial charge >= 0.3 is 12.4 Å². The molecule has 4 aromatic rings. The molecule has 0 aliphatic rings. The molecule has 0 saturated heterocycles. The summed E-state index contributed by atoms with van der Waals surface area (Å²) in [5.74, 6) is -2.13. The molecule has 0 aliphatic heterocycles. The van der Waals surface area contributed by atoms with Crippen LogP contribution in [0.3, 0.4) is 0 Å². The molecule has 2 N–H and O–H groups in total. The summed E-state index contributed by atoms with van der Waals surface area (Å²) < 4.78 is 109. The van der Waals surface area contributed by atoms with Crippen LogP contribution in [0, 0.1) is 10.5 Å². The first-order chi connectivity index (χ1) is 21.7. The predicted molar refractivity (Wildman–Crippen MR) is 167 cm³/mol. The van der Waals surface area contributed by atoms with Gasteiger partial charge in [-0.25, -0.2) is 8.42 Å². The summed E-state index contributed by atoms with van der Waals surface area (Å²) in [6.45, 7) is 3.21. The third-order valence-electron chi connectivity index (χ3n) is 6.61. The third-order valence-corrected chi connectivity index (χ3v) is 8.62. The number of alkyl halides is 6. The van der Waals surface area contributed by atoms with Crippen molar-refractivity contribution in [2.75, 3.05) is 17.3 Å². The number of carbonyl (C=O) groups excluding carboxylic acids is 2. The fourth-order valence-corrected chi connectivity index (χ4v) is 6.33. The van der Waals surface area contributed by atoms with Crippen LogP contribution in [0.5, 0.6) is 0 Å². The molecule has 0 saturated carbocycles. The number of carbonyl (C=O) groups is 2. The smallest absolute Gasteiger partial charge is 0.416 e. The lowest BCUT2D eigenvalue weighted by molar-refractivity contribution is -0.143. The Morgan fingerprint density at radius 2 is 1.57 bits per heavy atom. The summed E-state index contributed by atoms with van der Waals surface area (Å²) >= 11 is 1.90. The number of hydrogen-bond acceptors (Lipinski definition) is 7. The number of benzene rings is 3. The fourth-order valence-electron chi connectivity index (χ4n) is 4.60. The average molecular weight is 795 g/mol. The number of aryl methyl sites for hydroxylation is 1. The van der Waals surface area contributed by atoms with E-state index in [-0.39, 0.29) is 35.3 Å². The van der Waals surface area contributed by atoms with E-state index >= 15 is 0 Å². The van der Waals surface area contributed by atoms with E-state index in [1.165, 1.54) is 13.0 Å². The molecule has 9 nitrogen and oxygen atoms in total. The van der Waals surface area contributed by atoms with Crippen LogP contribution in [0.4, 0.5) is 32.0 Å². The van der Waals surface area contributed by atoms with E-state index in [0.717, 1.165) is 6.26 Å². The first-order valence-corrected chi connectivity index (χ1v) is 16.7. The fraction of sp³-hybridized carbons (Fsp3) is 0.267. The molecule has 0 fully saturated rings. The highest BCUT2D eigenvalue weighted by Gasteiger charge is 2.37. The third kappa shape index (κ3) is 9.30.